The second kappa shape index (κ2) is 7.38. The van der Waals surface area contributed by atoms with Crippen LogP contribution in [0.4, 0.5) is 13.2 Å². The van der Waals surface area contributed by atoms with Gasteiger partial charge in [0.05, 0.1) is 18.1 Å². The van der Waals surface area contributed by atoms with Crippen molar-refractivity contribution < 1.29 is 27.4 Å². The number of carbonyl (C=O) groups is 1. The van der Waals surface area contributed by atoms with Crippen LogP contribution < -0.4 is 10.1 Å². The van der Waals surface area contributed by atoms with Gasteiger partial charge in [-0.05, 0) is 19.3 Å². The average molecular weight is 373 g/mol. The maximum Gasteiger partial charge on any atom is 0.490 e. The minimum atomic E-state index is -5.01. The summed E-state index contributed by atoms with van der Waals surface area (Å²) in [5.41, 5.74) is -0.450. The number of aromatic nitrogens is 2. The molecule has 9 heteroatoms. The third kappa shape index (κ3) is 4.44. The first kappa shape index (κ1) is 18.9. The summed E-state index contributed by atoms with van der Waals surface area (Å²) in [6, 6.07) is -0.0495. The molecular formula is C17H22F3N3O3. The van der Waals surface area contributed by atoms with E-state index in [1.165, 1.54) is 6.20 Å². The molecule has 3 atom stereocenters. The van der Waals surface area contributed by atoms with Gasteiger partial charge in [-0.25, -0.2) is 9.78 Å². The van der Waals surface area contributed by atoms with Crippen molar-refractivity contribution in [2.75, 3.05) is 0 Å². The lowest BCUT2D eigenvalue weighted by Gasteiger charge is -2.38. The normalized spacial score (nSPS) is 28.0. The summed E-state index contributed by atoms with van der Waals surface area (Å²) >= 11 is 0. The average Bonchev–Trinajstić information content (AvgIpc) is 2.88. The molecule has 0 aliphatic carbocycles. The van der Waals surface area contributed by atoms with Crippen LogP contribution in [0.2, 0.25) is 0 Å². The fourth-order valence-corrected chi connectivity index (χ4v) is 3.54. The molecule has 144 valence electrons. The van der Waals surface area contributed by atoms with Crippen molar-refractivity contribution in [2.45, 2.75) is 75.9 Å². The predicted molar refractivity (Wildman–Crippen MR) is 85.3 cm³/mol. The predicted octanol–water partition coefficient (Wildman–Crippen LogP) is 2.91. The van der Waals surface area contributed by atoms with Gasteiger partial charge < -0.3 is 9.47 Å². The molecule has 2 aliphatic rings. The summed E-state index contributed by atoms with van der Waals surface area (Å²) in [7, 11) is 0. The Hall–Kier alpha value is -1.90. The molecule has 6 nitrogen and oxygen atoms in total. The number of nitrogens with one attached hydrogen (secondary N) is 1. The first-order chi connectivity index (χ1) is 12.3. The first-order valence-electron chi connectivity index (χ1n) is 8.85. The van der Waals surface area contributed by atoms with Crippen molar-refractivity contribution in [1.29, 1.82) is 0 Å². The van der Waals surface area contributed by atoms with Crippen LogP contribution in [0.5, 0.6) is 5.88 Å². The van der Waals surface area contributed by atoms with Crippen molar-refractivity contribution in [3.05, 3.63) is 18.1 Å². The van der Waals surface area contributed by atoms with Crippen LogP contribution in [0.25, 0.3) is 0 Å². The van der Waals surface area contributed by atoms with Gasteiger partial charge in [-0.1, -0.05) is 13.3 Å². The number of esters is 1. The van der Waals surface area contributed by atoms with Crippen LogP contribution >= 0.6 is 0 Å². The topological polar surface area (TPSA) is 73.3 Å². The number of nitrogens with zero attached hydrogens (tertiary/aromatic N) is 2. The first-order valence-corrected chi connectivity index (χ1v) is 8.85. The Kier molecular flexibility index (Phi) is 5.36. The highest BCUT2D eigenvalue weighted by Crippen LogP contribution is 2.39. The lowest BCUT2D eigenvalue weighted by atomic mass is 9.99. The molecule has 3 rings (SSSR count). The molecule has 2 saturated heterocycles. The second-order valence-electron chi connectivity index (χ2n) is 6.89. The molecule has 0 saturated carbocycles. The van der Waals surface area contributed by atoms with Crippen LogP contribution in [-0.2, 0) is 16.0 Å². The van der Waals surface area contributed by atoms with Gasteiger partial charge in [0, 0.05) is 25.3 Å². The number of hydrogen-bond acceptors (Lipinski definition) is 6. The van der Waals surface area contributed by atoms with E-state index in [1.807, 2.05) is 0 Å². The number of fused-ring (bicyclic) bond motifs is 2. The SMILES string of the molecule is CCCCc1cnc(O[C@@H]2C[C@@H]3CC[C@@](OC(=O)C(F)(F)F)(C2)N3)cn1. The van der Waals surface area contributed by atoms with E-state index in [-0.39, 0.29) is 18.6 Å². The summed E-state index contributed by atoms with van der Waals surface area (Å²) in [6.45, 7) is 2.09. The van der Waals surface area contributed by atoms with Crippen molar-refractivity contribution in [3.8, 4) is 5.88 Å². The third-order valence-electron chi connectivity index (χ3n) is 4.74. The number of hydrogen-bond donors (Lipinski definition) is 1. The van der Waals surface area contributed by atoms with Gasteiger partial charge in [-0.2, -0.15) is 13.2 Å². The van der Waals surface area contributed by atoms with Gasteiger partial charge in [0.15, 0.2) is 5.72 Å². The number of ether oxygens (including phenoxy) is 2. The van der Waals surface area contributed by atoms with Crippen molar-refractivity contribution in [3.63, 3.8) is 0 Å². The maximum absolute atomic E-state index is 12.5. The summed E-state index contributed by atoms with van der Waals surface area (Å²) in [4.78, 5) is 19.8. The molecule has 0 spiro atoms. The van der Waals surface area contributed by atoms with E-state index < -0.39 is 17.9 Å². The minimum Gasteiger partial charge on any atom is -0.473 e. The van der Waals surface area contributed by atoms with Crippen LogP contribution in [0.15, 0.2) is 12.4 Å². The summed E-state index contributed by atoms with van der Waals surface area (Å²) in [5.74, 6) is -1.85. The molecule has 1 aromatic heterocycles. The van der Waals surface area contributed by atoms with Crippen LogP contribution in [0, 0.1) is 0 Å². The Morgan fingerprint density at radius 3 is 2.85 bits per heavy atom. The van der Waals surface area contributed by atoms with Crippen molar-refractivity contribution >= 4 is 5.97 Å². The molecule has 0 aromatic carbocycles. The Balaban J connectivity index is 1.62. The van der Waals surface area contributed by atoms with Crippen LogP contribution in [-0.4, -0.2) is 40.0 Å². The molecular weight excluding hydrogens is 351 g/mol. The zero-order valence-corrected chi connectivity index (χ0v) is 14.5. The summed E-state index contributed by atoms with van der Waals surface area (Å²) < 4.78 is 48.2. The molecule has 0 unspecified atom stereocenters. The standard InChI is InChI=1S/C17H22F3N3O3/c1-2-3-4-12-9-22-14(10-21-12)25-13-7-11-5-6-16(8-13,23-11)26-15(24)17(18,19)20/h9-11,13,23H,2-8H2,1H3/t11-,13+,16+/m0/s1. The smallest absolute Gasteiger partial charge is 0.473 e. The highest BCUT2D eigenvalue weighted by Gasteiger charge is 2.53. The van der Waals surface area contributed by atoms with Gasteiger partial charge in [-0.15, -0.1) is 0 Å². The maximum atomic E-state index is 12.5. The Morgan fingerprint density at radius 2 is 2.19 bits per heavy atom. The minimum absolute atomic E-state index is 0.0495. The third-order valence-corrected chi connectivity index (χ3v) is 4.74. The molecule has 1 N–H and O–H groups in total. The number of rotatable bonds is 6. The quantitative estimate of drug-likeness (QED) is 0.773. The lowest BCUT2D eigenvalue weighted by Crippen LogP contribution is -2.56. The van der Waals surface area contributed by atoms with Gasteiger partial charge in [0.1, 0.15) is 6.10 Å². The molecule has 3 heterocycles. The van der Waals surface area contributed by atoms with Gasteiger partial charge in [0.25, 0.3) is 0 Å². The zero-order valence-electron chi connectivity index (χ0n) is 14.5. The van der Waals surface area contributed by atoms with Gasteiger partial charge in [0.2, 0.25) is 5.88 Å². The Bertz CT molecular complexity index is 638. The zero-order chi connectivity index (χ0) is 18.8. The van der Waals surface area contributed by atoms with E-state index in [0.717, 1.165) is 25.0 Å². The summed E-state index contributed by atoms with van der Waals surface area (Å²) in [6.07, 6.45) is 2.44. The fraction of sp³-hybridized carbons (Fsp3) is 0.706. The van der Waals surface area contributed by atoms with Crippen molar-refractivity contribution in [2.24, 2.45) is 0 Å². The van der Waals surface area contributed by atoms with Crippen molar-refractivity contribution in [1.82, 2.24) is 15.3 Å². The molecule has 2 fully saturated rings. The Morgan fingerprint density at radius 1 is 1.38 bits per heavy atom. The van der Waals surface area contributed by atoms with E-state index in [0.29, 0.717) is 25.1 Å². The molecule has 26 heavy (non-hydrogen) atoms. The number of alkyl halides is 3. The number of piperidine rings is 1. The monoisotopic (exact) mass is 373 g/mol. The van der Waals surface area contributed by atoms with E-state index in [9.17, 15) is 18.0 Å². The lowest BCUT2D eigenvalue weighted by molar-refractivity contribution is -0.219. The molecule has 1 aromatic rings. The van der Waals surface area contributed by atoms with E-state index >= 15 is 0 Å². The van der Waals surface area contributed by atoms with Crippen LogP contribution in [0.3, 0.4) is 0 Å². The van der Waals surface area contributed by atoms with E-state index in [4.69, 9.17) is 9.47 Å². The molecule has 2 aliphatic heterocycles. The van der Waals surface area contributed by atoms with E-state index in [1.54, 1.807) is 6.20 Å². The number of halogens is 3. The summed E-state index contributed by atoms with van der Waals surface area (Å²) in [5, 5.41) is 3.00. The number of aryl methyl sites for hydroxylation is 1. The molecule has 0 amide bonds. The highest BCUT2D eigenvalue weighted by atomic mass is 19.4. The van der Waals surface area contributed by atoms with Gasteiger partial charge >= 0.3 is 12.1 Å². The second-order valence-corrected chi connectivity index (χ2v) is 6.89. The number of carbonyl (C=O) groups excluding carboxylic acids is 1. The fourth-order valence-electron chi connectivity index (χ4n) is 3.54. The Labute approximate surface area is 149 Å². The molecule has 0 radical (unpaired) electrons. The number of unbranched alkanes of at least 4 members (excludes halogenated alkanes) is 1. The molecule has 2 bridgehead atoms. The van der Waals surface area contributed by atoms with Crippen LogP contribution in [0.1, 0.15) is 51.1 Å². The van der Waals surface area contributed by atoms with E-state index in [2.05, 4.69) is 22.2 Å². The largest absolute Gasteiger partial charge is 0.490 e. The van der Waals surface area contributed by atoms with Gasteiger partial charge in [-0.3, -0.25) is 10.3 Å². The highest BCUT2D eigenvalue weighted by molar-refractivity contribution is 5.76.